The van der Waals surface area contributed by atoms with Gasteiger partial charge in [0.15, 0.2) is 0 Å². The Bertz CT molecular complexity index is 906. The molecule has 0 aromatic carbocycles. The summed E-state index contributed by atoms with van der Waals surface area (Å²) in [5.41, 5.74) is 1.88. The molecule has 160 valence electrons. The van der Waals surface area contributed by atoms with Crippen LogP contribution in [0.15, 0.2) is 41.4 Å². The fourth-order valence-corrected chi connectivity index (χ4v) is 4.33. The van der Waals surface area contributed by atoms with Gasteiger partial charge in [0.2, 0.25) is 11.8 Å². The van der Waals surface area contributed by atoms with Crippen LogP contribution in [-0.2, 0) is 20.8 Å². The second-order valence-corrected chi connectivity index (χ2v) is 7.58. The van der Waals surface area contributed by atoms with Gasteiger partial charge in [0, 0.05) is 19.2 Å². The number of fused-ring (bicyclic) bond motifs is 1. The molecule has 11 heteroatoms. The first-order valence-electron chi connectivity index (χ1n) is 9.01. The maximum Gasteiger partial charge on any atom is 0.490 e. The van der Waals surface area contributed by atoms with Gasteiger partial charge < -0.3 is 14.9 Å². The van der Waals surface area contributed by atoms with Crippen molar-refractivity contribution in [2.75, 3.05) is 11.4 Å². The first kappa shape index (κ1) is 21.8. The van der Waals surface area contributed by atoms with E-state index in [0.717, 1.165) is 24.2 Å². The van der Waals surface area contributed by atoms with Crippen molar-refractivity contribution < 1.29 is 32.7 Å². The topological polar surface area (TPSA) is 90.8 Å². The molecule has 2 saturated heterocycles. The SMILES string of the molecule is O=C(Cc1ccsc1)N1CC[C@@H]2[C@@H]1CC(=O)N2c1cccnc1.O=C(O)C(F)(F)F. The van der Waals surface area contributed by atoms with E-state index >= 15 is 0 Å². The first-order valence-corrected chi connectivity index (χ1v) is 9.95. The first-order chi connectivity index (χ1) is 14.2. The summed E-state index contributed by atoms with van der Waals surface area (Å²) in [7, 11) is 0. The smallest absolute Gasteiger partial charge is 0.475 e. The van der Waals surface area contributed by atoms with Gasteiger partial charge >= 0.3 is 12.1 Å². The van der Waals surface area contributed by atoms with Crippen molar-refractivity contribution >= 4 is 34.8 Å². The van der Waals surface area contributed by atoms with E-state index in [1.807, 2.05) is 38.8 Å². The highest BCUT2D eigenvalue weighted by molar-refractivity contribution is 7.08. The number of rotatable bonds is 3. The molecule has 2 aromatic heterocycles. The van der Waals surface area contributed by atoms with Crippen molar-refractivity contribution in [3.05, 3.63) is 46.9 Å². The molecule has 1 N–H and O–H groups in total. The van der Waals surface area contributed by atoms with Gasteiger partial charge in [-0.2, -0.15) is 24.5 Å². The summed E-state index contributed by atoms with van der Waals surface area (Å²) in [6.07, 6.45) is 0.00635. The molecule has 0 saturated carbocycles. The summed E-state index contributed by atoms with van der Waals surface area (Å²) < 4.78 is 31.7. The third kappa shape index (κ3) is 4.78. The molecular formula is C19H18F3N3O4S. The average Bonchev–Trinajstić information content (AvgIpc) is 3.39. The Hall–Kier alpha value is -2.95. The van der Waals surface area contributed by atoms with E-state index in [0.29, 0.717) is 12.8 Å². The van der Waals surface area contributed by atoms with Crippen LogP contribution in [0.3, 0.4) is 0 Å². The Balaban J connectivity index is 0.000000318. The van der Waals surface area contributed by atoms with Crippen LogP contribution in [0.2, 0.25) is 0 Å². The van der Waals surface area contributed by atoms with Gasteiger partial charge in [0.25, 0.3) is 0 Å². The maximum atomic E-state index is 12.6. The highest BCUT2D eigenvalue weighted by Gasteiger charge is 2.48. The van der Waals surface area contributed by atoms with Crippen LogP contribution in [0.4, 0.5) is 18.9 Å². The minimum absolute atomic E-state index is 0.00570. The van der Waals surface area contributed by atoms with Gasteiger partial charge in [-0.25, -0.2) is 4.79 Å². The fourth-order valence-electron chi connectivity index (χ4n) is 3.66. The van der Waals surface area contributed by atoms with Gasteiger partial charge in [-0.05, 0) is 40.9 Å². The molecule has 7 nitrogen and oxygen atoms in total. The zero-order chi connectivity index (χ0) is 21.9. The number of hydrogen-bond acceptors (Lipinski definition) is 5. The van der Waals surface area contributed by atoms with Crippen molar-refractivity contribution in [3.8, 4) is 0 Å². The Kier molecular flexibility index (Phi) is 6.40. The average molecular weight is 441 g/mol. The molecule has 2 fully saturated rings. The number of anilines is 1. The molecule has 2 atom stereocenters. The van der Waals surface area contributed by atoms with Crippen LogP contribution in [0.1, 0.15) is 18.4 Å². The van der Waals surface area contributed by atoms with Crippen LogP contribution in [0, 0.1) is 0 Å². The predicted molar refractivity (Wildman–Crippen MR) is 102 cm³/mol. The monoisotopic (exact) mass is 441 g/mol. The summed E-state index contributed by atoms with van der Waals surface area (Å²) in [5.74, 6) is -2.55. The molecule has 0 radical (unpaired) electrons. The number of nitrogens with zero attached hydrogens (tertiary/aromatic N) is 3. The molecule has 2 amide bonds. The van der Waals surface area contributed by atoms with E-state index in [9.17, 15) is 22.8 Å². The van der Waals surface area contributed by atoms with Crippen LogP contribution >= 0.6 is 11.3 Å². The molecule has 0 spiro atoms. The van der Waals surface area contributed by atoms with Gasteiger partial charge in [0.1, 0.15) is 0 Å². The highest BCUT2D eigenvalue weighted by atomic mass is 32.1. The number of pyridine rings is 1. The Morgan fingerprint density at radius 3 is 2.57 bits per heavy atom. The maximum absolute atomic E-state index is 12.6. The number of amides is 2. The fraction of sp³-hybridized carbons (Fsp3) is 0.368. The largest absolute Gasteiger partial charge is 0.490 e. The van der Waals surface area contributed by atoms with E-state index in [4.69, 9.17) is 9.90 Å². The number of carbonyl (C=O) groups is 3. The van der Waals surface area contributed by atoms with Crippen molar-refractivity contribution in [1.82, 2.24) is 9.88 Å². The number of carbonyl (C=O) groups excluding carboxylic acids is 2. The highest BCUT2D eigenvalue weighted by Crippen LogP contribution is 2.36. The third-order valence-electron chi connectivity index (χ3n) is 4.92. The lowest BCUT2D eigenvalue weighted by Crippen LogP contribution is -2.40. The summed E-state index contributed by atoms with van der Waals surface area (Å²) in [6, 6.07) is 5.80. The number of alkyl halides is 3. The molecule has 0 aliphatic carbocycles. The molecule has 2 aromatic rings. The Labute approximate surface area is 173 Å². The number of halogens is 3. The van der Waals surface area contributed by atoms with E-state index in [1.165, 1.54) is 0 Å². The summed E-state index contributed by atoms with van der Waals surface area (Å²) in [4.78, 5) is 41.8. The number of aliphatic carboxylic acids is 1. The van der Waals surface area contributed by atoms with Crippen LogP contribution < -0.4 is 4.90 Å². The minimum Gasteiger partial charge on any atom is -0.475 e. The third-order valence-corrected chi connectivity index (χ3v) is 5.65. The number of likely N-dealkylation sites (tertiary alicyclic amines) is 1. The molecule has 0 bridgehead atoms. The van der Waals surface area contributed by atoms with Crippen molar-refractivity contribution in [3.63, 3.8) is 0 Å². The zero-order valence-corrected chi connectivity index (χ0v) is 16.4. The van der Waals surface area contributed by atoms with Gasteiger partial charge in [-0.1, -0.05) is 0 Å². The molecule has 0 unspecified atom stereocenters. The molecule has 30 heavy (non-hydrogen) atoms. The van der Waals surface area contributed by atoms with E-state index in [-0.39, 0.29) is 23.9 Å². The number of hydrogen-bond donors (Lipinski definition) is 1. The lowest BCUT2D eigenvalue weighted by Gasteiger charge is -2.25. The van der Waals surface area contributed by atoms with E-state index < -0.39 is 12.1 Å². The molecular weight excluding hydrogens is 423 g/mol. The zero-order valence-electron chi connectivity index (χ0n) is 15.6. The van der Waals surface area contributed by atoms with E-state index in [1.54, 1.807) is 23.7 Å². The number of carboxylic acids is 1. The van der Waals surface area contributed by atoms with Crippen molar-refractivity contribution in [1.29, 1.82) is 0 Å². The Morgan fingerprint density at radius 1 is 1.27 bits per heavy atom. The number of aromatic nitrogens is 1. The van der Waals surface area contributed by atoms with Crippen molar-refractivity contribution in [2.45, 2.75) is 37.5 Å². The molecule has 4 rings (SSSR count). The minimum atomic E-state index is -5.08. The summed E-state index contributed by atoms with van der Waals surface area (Å²) >= 11 is 1.60. The summed E-state index contributed by atoms with van der Waals surface area (Å²) in [6.45, 7) is 0.725. The Morgan fingerprint density at radius 2 is 2.00 bits per heavy atom. The second kappa shape index (κ2) is 8.82. The molecule has 2 aliphatic heterocycles. The lowest BCUT2D eigenvalue weighted by atomic mass is 10.1. The molecule has 4 heterocycles. The standard InChI is InChI=1S/C17H17N3O2S.C2HF3O2/c21-16(8-12-4-7-23-11-12)19-6-3-14-15(19)9-17(22)20(14)13-2-1-5-18-10-13;3-2(4,5)1(6)7/h1-2,4-5,7,10-11,14-15H,3,6,8-9H2;(H,6,7)/t14-,15+;/m1./s1. The van der Waals surface area contributed by atoms with Crippen molar-refractivity contribution in [2.24, 2.45) is 0 Å². The normalized spacial score (nSPS) is 20.6. The van der Waals surface area contributed by atoms with Gasteiger partial charge in [0.05, 0.1) is 30.4 Å². The van der Waals surface area contributed by atoms with E-state index in [2.05, 4.69) is 4.98 Å². The predicted octanol–water partition coefficient (Wildman–Crippen LogP) is 2.73. The summed E-state index contributed by atoms with van der Waals surface area (Å²) in [5, 5.41) is 11.1. The number of carboxylic acid groups (broad SMARTS) is 1. The van der Waals surface area contributed by atoms with Crippen LogP contribution in [0.5, 0.6) is 0 Å². The lowest BCUT2D eigenvalue weighted by molar-refractivity contribution is -0.192. The number of thiophene rings is 1. The van der Waals surface area contributed by atoms with Gasteiger partial charge in [-0.15, -0.1) is 0 Å². The second-order valence-electron chi connectivity index (χ2n) is 6.80. The van der Waals surface area contributed by atoms with Gasteiger partial charge in [-0.3, -0.25) is 14.6 Å². The quantitative estimate of drug-likeness (QED) is 0.791. The van der Waals surface area contributed by atoms with Crippen LogP contribution in [0.25, 0.3) is 0 Å². The molecule has 2 aliphatic rings. The van der Waals surface area contributed by atoms with Crippen LogP contribution in [-0.4, -0.2) is 57.6 Å².